The predicted octanol–water partition coefficient (Wildman–Crippen LogP) is 6.39. The van der Waals surface area contributed by atoms with Gasteiger partial charge in [0.1, 0.15) is 6.61 Å². The Morgan fingerprint density at radius 3 is 2.26 bits per heavy atom. The van der Waals surface area contributed by atoms with E-state index < -0.39 is 5.92 Å². The zero-order valence-corrected chi connectivity index (χ0v) is 21.2. The lowest BCUT2D eigenvalue weighted by atomic mass is 9.71. The van der Waals surface area contributed by atoms with E-state index >= 15 is 0 Å². The van der Waals surface area contributed by atoms with Gasteiger partial charge < -0.3 is 14.8 Å². The summed E-state index contributed by atoms with van der Waals surface area (Å²) in [5.41, 5.74) is 5.04. The smallest absolute Gasteiger partial charge is 0.180 e. The molecule has 0 amide bonds. The molecule has 2 aromatic carbocycles. The molecule has 0 aromatic heterocycles. The molecule has 176 valence electrons. The molecule has 2 aromatic rings. The first-order valence-electron chi connectivity index (χ1n) is 11.5. The highest BCUT2D eigenvalue weighted by molar-refractivity contribution is 9.10. The first-order valence-corrected chi connectivity index (χ1v) is 12.7. The van der Waals surface area contributed by atoms with Gasteiger partial charge in [0.25, 0.3) is 0 Å². The average Bonchev–Trinajstić information content (AvgIpc) is 2.83. The van der Waals surface area contributed by atoms with Crippen LogP contribution in [-0.2, 0) is 16.2 Å². The number of methoxy groups -OCH3 is 1. The van der Waals surface area contributed by atoms with Crippen molar-refractivity contribution in [2.75, 3.05) is 7.11 Å². The van der Waals surface area contributed by atoms with Gasteiger partial charge in [-0.15, -0.1) is 0 Å². The Morgan fingerprint density at radius 1 is 1.00 bits per heavy atom. The number of nitrogens with one attached hydrogen (secondary N) is 1. The molecule has 1 heterocycles. The fourth-order valence-electron chi connectivity index (χ4n) is 5.13. The van der Waals surface area contributed by atoms with Crippen LogP contribution < -0.4 is 14.8 Å². The maximum absolute atomic E-state index is 13.1. The summed E-state index contributed by atoms with van der Waals surface area (Å²) in [5, 5.41) is 3.83. The number of benzene rings is 2. The topological polar surface area (TPSA) is 64.6 Å². The second-order valence-electron chi connectivity index (χ2n) is 8.81. The Morgan fingerprint density at radius 2 is 1.65 bits per heavy atom. The number of rotatable bonds is 5. The van der Waals surface area contributed by atoms with Crippen molar-refractivity contribution in [3.05, 3.63) is 79.6 Å². The Kier molecular flexibility index (Phi) is 6.54. The number of dihydropyridines is 1. The van der Waals surface area contributed by atoms with E-state index in [-0.39, 0.29) is 11.6 Å². The minimum Gasteiger partial charge on any atom is -0.493 e. The van der Waals surface area contributed by atoms with Gasteiger partial charge >= 0.3 is 0 Å². The molecule has 7 heteroatoms. The third-order valence-corrected chi connectivity index (χ3v) is 7.76. The van der Waals surface area contributed by atoms with Crippen molar-refractivity contribution in [3.8, 4) is 11.5 Å². The van der Waals surface area contributed by atoms with Gasteiger partial charge in [-0.05, 0) is 49.4 Å². The van der Waals surface area contributed by atoms with Gasteiger partial charge in [-0.2, -0.15) is 0 Å². The van der Waals surface area contributed by atoms with E-state index in [0.29, 0.717) is 47.1 Å². The van der Waals surface area contributed by atoms with Gasteiger partial charge in [0.05, 0.1) is 12.1 Å². The molecular weight excluding hydrogens is 518 g/mol. The highest BCUT2D eigenvalue weighted by Gasteiger charge is 2.40. The molecule has 1 N–H and O–H groups in total. The summed E-state index contributed by atoms with van der Waals surface area (Å²) in [6.45, 7) is 0.311. The van der Waals surface area contributed by atoms with E-state index in [1.54, 1.807) is 7.11 Å². The standard InChI is InChI=1S/C27H25BrClNO4/c1-33-23-13-16(12-18(29)27(23)34-14-15-6-2-3-7-17(15)28)24-25-19(8-4-10-21(25)31)30-20-9-5-11-22(32)26(20)24/h2-3,6-7,12-13,24,30H,4-5,8-11,14H2,1H3. The molecule has 0 saturated heterocycles. The van der Waals surface area contributed by atoms with Crippen LogP contribution in [0, 0.1) is 0 Å². The van der Waals surface area contributed by atoms with Crippen molar-refractivity contribution in [2.24, 2.45) is 0 Å². The van der Waals surface area contributed by atoms with E-state index in [1.165, 1.54) is 0 Å². The summed E-state index contributed by atoms with van der Waals surface area (Å²) in [6.07, 6.45) is 4.23. The Balaban J connectivity index is 1.57. The first-order chi connectivity index (χ1) is 16.5. The monoisotopic (exact) mass is 541 g/mol. The molecular formula is C27H25BrClNO4. The molecule has 0 spiro atoms. The van der Waals surface area contributed by atoms with Gasteiger partial charge in [-0.25, -0.2) is 0 Å². The van der Waals surface area contributed by atoms with Gasteiger partial charge in [0.15, 0.2) is 23.1 Å². The van der Waals surface area contributed by atoms with E-state index in [2.05, 4.69) is 21.2 Å². The van der Waals surface area contributed by atoms with Crippen molar-refractivity contribution >= 4 is 39.1 Å². The Labute approximate surface area is 212 Å². The number of allylic oxidation sites excluding steroid dienone is 4. The van der Waals surface area contributed by atoms with Crippen LogP contribution in [0.2, 0.25) is 5.02 Å². The molecule has 0 unspecified atom stereocenters. The van der Waals surface area contributed by atoms with Crippen LogP contribution in [0.15, 0.2) is 63.4 Å². The van der Waals surface area contributed by atoms with Gasteiger partial charge in [-0.3, -0.25) is 9.59 Å². The van der Waals surface area contributed by atoms with Gasteiger partial charge in [-0.1, -0.05) is 45.7 Å². The zero-order chi connectivity index (χ0) is 23.8. The lowest BCUT2D eigenvalue weighted by Gasteiger charge is -2.37. The van der Waals surface area contributed by atoms with Gasteiger partial charge in [0.2, 0.25) is 0 Å². The average molecular weight is 543 g/mol. The molecule has 5 rings (SSSR count). The van der Waals surface area contributed by atoms with Crippen molar-refractivity contribution in [2.45, 2.75) is 51.0 Å². The largest absolute Gasteiger partial charge is 0.493 e. The number of carbonyl (C=O) groups excluding carboxylic acids is 2. The summed E-state index contributed by atoms with van der Waals surface area (Å²) in [4.78, 5) is 26.1. The highest BCUT2D eigenvalue weighted by Crippen LogP contribution is 2.48. The van der Waals surface area contributed by atoms with Crippen LogP contribution in [0.5, 0.6) is 11.5 Å². The molecule has 5 nitrogen and oxygen atoms in total. The maximum atomic E-state index is 13.1. The normalized spacial score (nSPS) is 18.4. The minimum atomic E-state index is -0.435. The number of hydrogen-bond acceptors (Lipinski definition) is 5. The van der Waals surface area contributed by atoms with Crippen molar-refractivity contribution in [1.29, 1.82) is 0 Å². The molecule has 34 heavy (non-hydrogen) atoms. The molecule has 1 aliphatic heterocycles. The first kappa shape index (κ1) is 23.2. The third-order valence-electron chi connectivity index (χ3n) is 6.71. The molecule has 2 aliphatic carbocycles. The van der Waals surface area contributed by atoms with E-state index in [9.17, 15) is 9.59 Å². The molecule has 3 aliphatic rings. The Hall–Kier alpha value is -2.57. The number of hydrogen-bond donors (Lipinski definition) is 1. The number of Topliss-reactive ketones (excluding diaryl/α,β-unsaturated/α-hetero) is 2. The van der Waals surface area contributed by atoms with E-state index in [0.717, 1.165) is 52.7 Å². The second kappa shape index (κ2) is 9.59. The number of ketones is 2. The Bertz CT molecular complexity index is 1210. The lowest BCUT2D eigenvalue weighted by Crippen LogP contribution is -2.36. The lowest BCUT2D eigenvalue weighted by molar-refractivity contribution is -0.116. The SMILES string of the molecule is COc1cc(C2C3=C(CCCC3=O)NC3=C2C(=O)CCC3)cc(Cl)c1OCc1ccccc1Br. The summed E-state index contributed by atoms with van der Waals surface area (Å²) in [5.74, 6) is 0.659. The predicted molar refractivity (Wildman–Crippen MR) is 134 cm³/mol. The summed E-state index contributed by atoms with van der Waals surface area (Å²) >= 11 is 10.3. The highest BCUT2D eigenvalue weighted by atomic mass is 79.9. The van der Waals surface area contributed by atoms with Crippen molar-refractivity contribution in [3.63, 3.8) is 0 Å². The quantitative estimate of drug-likeness (QED) is 0.474. The third kappa shape index (κ3) is 4.18. The molecule has 0 saturated carbocycles. The number of ether oxygens (including phenoxy) is 2. The van der Waals surface area contributed by atoms with Crippen molar-refractivity contribution in [1.82, 2.24) is 5.32 Å². The van der Waals surface area contributed by atoms with Crippen LogP contribution >= 0.6 is 27.5 Å². The number of carbonyl (C=O) groups is 2. The van der Waals surface area contributed by atoms with Crippen LogP contribution in [0.1, 0.15) is 55.6 Å². The van der Waals surface area contributed by atoms with Crippen LogP contribution in [0.3, 0.4) is 0 Å². The molecule has 0 bridgehead atoms. The summed E-state index contributed by atoms with van der Waals surface area (Å²) < 4.78 is 12.7. The van der Waals surface area contributed by atoms with Crippen LogP contribution in [0.4, 0.5) is 0 Å². The summed E-state index contributed by atoms with van der Waals surface area (Å²) in [6, 6.07) is 11.5. The van der Waals surface area contributed by atoms with Gasteiger partial charge in [0, 0.05) is 51.3 Å². The van der Waals surface area contributed by atoms with E-state index in [4.69, 9.17) is 21.1 Å². The van der Waals surface area contributed by atoms with Crippen LogP contribution in [0.25, 0.3) is 0 Å². The van der Waals surface area contributed by atoms with Crippen LogP contribution in [-0.4, -0.2) is 18.7 Å². The molecule has 0 atom stereocenters. The molecule has 0 fully saturated rings. The maximum Gasteiger partial charge on any atom is 0.180 e. The number of halogens is 2. The summed E-state index contributed by atoms with van der Waals surface area (Å²) in [7, 11) is 1.57. The fourth-order valence-corrected chi connectivity index (χ4v) is 5.80. The van der Waals surface area contributed by atoms with Crippen molar-refractivity contribution < 1.29 is 19.1 Å². The minimum absolute atomic E-state index is 0.0908. The fraction of sp³-hybridized carbons (Fsp3) is 0.333. The zero-order valence-electron chi connectivity index (χ0n) is 18.9. The molecule has 0 radical (unpaired) electrons. The second-order valence-corrected chi connectivity index (χ2v) is 10.1. The van der Waals surface area contributed by atoms with E-state index in [1.807, 2.05) is 36.4 Å².